The largest absolute Gasteiger partial charge is 0.348 e. The van der Waals surface area contributed by atoms with Crippen molar-refractivity contribution in [3.8, 4) is 0 Å². The number of carbonyl (C=O) groups is 1. The molecule has 0 spiro atoms. The van der Waals surface area contributed by atoms with Crippen LogP contribution in [-0.2, 0) is 12.8 Å². The summed E-state index contributed by atoms with van der Waals surface area (Å²) >= 11 is 1.77. The van der Waals surface area contributed by atoms with Crippen molar-refractivity contribution in [2.45, 2.75) is 45.1 Å². The van der Waals surface area contributed by atoms with E-state index >= 15 is 0 Å². The molecule has 0 saturated carbocycles. The van der Waals surface area contributed by atoms with Crippen LogP contribution in [0.3, 0.4) is 0 Å². The molecule has 0 bridgehead atoms. The van der Waals surface area contributed by atoms with E-state index in [9.17, 15) is 4.79 Å². The van der Waals surface area contributed by atoms with E-state index in [-0.39, 0.29) is 5.91 Å². The maximum atomic E-state index is 12.4. The van der Waals surface area contributed by atoms with Crippen LogP contribution >= 0.6 is 11.3 Å². The van der Waals surface area contributed by atoms with Gasteiger partial charge < -0.3 is 10.6 Å². The van der Waals surface area contributed by atoms with E-state index in [1.165, 1.54) is 16.9 Å². The maximum Gasteiger partial charge on any atom is 0.252 e. The molecule has 3 rings (SSSR count). The Morgan fingerprint density at radius 3 is 3.16 bits per heavy atom. The molecular formula is C15H22N2OS. The van der Waals surface area contributed by atoms with Crippen LogP contribution in [0.2, 0.25) is 0 Å². The van der Waals surface area contributed by atoms with Gasteiger partial charge in [0.1, 0.15) is 0 Å². The molecule has 1 saturated heterocycles. The summed E-state index contributed by atoms with van der Waals surface area (Å²) in [7, 11) is 0. The molecule has 1 fully saturated rings. The van der Waals surface area contributed by atoms with E-state index in [2.05, 4.69) is 22.9 Å². The number of fused-ring (bicyclic) bond motifs is 1. The number of nitrogens with one attached hydrogen (secondary N) is 2. The van der Waals surface area contributed by atoms with E-state index in [4.69, 9.17) is 0 Å². The lowest BCUT2D eigenvalue weighted by Crippen LogP contribution is -2.45. The van der Waals surface area contributed by atoms with Crippen molar-refractivity contribution < 1.29 is 4.79 Å². The molecule has 2 heterocycles. The van der Waals surface area contributed by atoms with E-state index in [1.807, 2.05) is 0 Å². The Labute approximate surface area is 118 Å². The Morgan fingerprint density at radius 1 is 1.47 bits per heavy atom. The van der Waals surface area contributed by atoms with Crippen molar-refractivity contribution in [2.24, 2.45) is 5.92 Å². The second-order valence-electron chi connectivity index (χ2n) is 5.92. The molecule has 19 heavy (non-hydrogen) atoms. The average molecular weight is 278 g/mol. The Bertz CT molecular complexity index is 463. The average Bonchev–Trinajstić information content (AvgIpc) is 2.82. The van der Waals surface area contributed by atoms with Crippen molar-refractivity contribution in [1.29, 1.82) is 0 Å². The highest BCUT2D eigenvalue weighted by molar-refractivity contribution is 7.10. The van der Waals surface area contributed by atoms with E-state index in [1.54, 1.807) is 11.3 Å². The van der Waals surface area contributed by atoms with Gasteiger partial charge in [-0.15, -0.1) is 11.3 Å². The SMILES string of the molecule is CC1CCc2c(C(=O)N[C@H]3CCCNC3)csc2C1. The normalized spacial score (nSPS) is 26.8. The van der Waals surface area contributed by atoms with Gasteiger partial charge in [-0.2, -0.15) is 0 Å². The van der Waals surface area contributed by atoms with Gasteiger partial charge in [-0.25, -0.2) is 0 Å². The summed E-state index contributed by atoms with van der Waals surface area (Å²) in [6, 6.07) is 0.305. The maximum absolute atomic E-state index is 12.4. The number of thiophene rings is 1. The number of rotatable bonds is 2. The molecule has 2 N–H and O–H groups in total. The summed E-state index contributed by atoms with van der Waals surface area (Å²) in [5.74, 6) is 0.908. The highest BCUT2D eigenvalue weighted by Crippen LogP contribution is 2.32. The zero-order chi connectivity index (χ0) is 13.2. The second kappa shape index (κ2) is 5.63. The highest BCUT2D eigenvalue weighted by Gasteiger charge is 2.24. The van der Waals surface area contributed by atoms with Crippen LogP contribution in [0.25, 0.3) is 0 Å². The first-order valence-electron chi connectivity index (χ1n) is 7.35. The summed E-state index contributed by atoms with van der Waals surface area (Å²) in [6.45, 7) is 4.29. The smallest absolute Gasteiger partial charge is 0.252 e. The fourth-order valence-corrected chi connectivity index (χ4v) is 4.35. The van der Waals surface area contributed by atoms with Gasteiger partial charge in [-0.1, -0.05) is 6.92 Å². The molecule has 1 aliphatic carbocycles. The van der Waals surface area contributed by atoms with Gasteiger partial charge in [0.2, 0.25) is 0 Å². The summed E-state index contributed by atoms with van der Waals surface area (Å²) < 4.78 is 0. The minimum atomic E-state index is 0.140. The third-order valence-corrected chi connectivity index (χ3v) is 5.33. The molecule has 3 nitrogen and oxygen atoms in total. The van der Waals surface area contributed by atoms with E-state index in [0.717, 1.165) is 50.3 Å². The zero-order valence-electron chi connectivity index (χ0n) is 11.5. The van der Waals surface area contributed by atoms with Gasteiger partial charge in [0, 0.05) is 22.8 Å². The van der Waals surface area contributed by atoms with Crippen LogP contribution in [0.15, 0.2) is 5.38 Å². The van der Waals surface area contributed by atoms with Crippen LogP contribution in [0.4, 0.5) is 0 Å². The molecule has 2 aliphatic rings. The molecular weight excluding hydrogens is 256 g/mol. The quantitative estimate of drug-likeness (QED) is 0.872. The Kier molecular flexibility index (Phi) is 3.89. The molecule has 0 aromatic carbocycles. The van der Waals surface area contributed by atoms with Crippen LogP contribution in [0.5, 0.6) is 0 Å². The van der Waals surface area contributed by atoms with Crippen LogP contribution in [0, 0.1) is 5.92 Å². The van der Waals surface area contributed by atoms with E-state index < -0.39 is 0 Å². The van der Waals surface area contributed by atoms with E-state index in [0.29, 0.717) is 6.04 Å². The Morgan fingerprint density at radius 2 is 2.37 bits per heavy atom. The zero-order valence-corrected chi connectivity index (χ0v) is 12.3. The van der Waals surface area contributed by atoms with Gasteiger partial charge in [-0.3, -0.25) is 4.79 Å². The molecule has 1 aromatic heterocycles. The summed E-state index contributed by atoms with van der Waals surface area (Å²) in [4.78, 5) is 13.8. The van der Waals surface area contributed by atoms with Gasteiger partial charge >= 0.3 is 0 Å². The van der Waals surface area contributed by atoms with Gasteiger partial charge in [0.25, 0.3) is 5.91 Å². The lowest BCUT2D eigenvalue weighted by molar-refractivity contribution is 0.0930. The Balaban J connectivity index is 1.70. The molecule has 1 aromatic rings. The minimum Gasteiger partial charge on any atom is -0.348 e. The fourth-order valence-electron chi connectivity index (χ4n) is 3.11. The second-order valence-corrected chi connectivity index (χ2v) is 6.88. The van der Waals surface area contributed by atoms with Crippen LogP contribution < -0.4 is 10.6 Å². The number of piperidine rings is 1. The fraction of sp³-hybridized carbons (Fsp3) is 0.667. The third-order valence-electron chi connectivity index (χ3n) is 4.28. The van der Waals surface area contributed by atoms with Gasteiger partial charge in [-0.05, 0) is 50.1 Å². The summed E-state index contributed by atoms with van der Waals surface area (Å²) in [5.41, 5.74) is 2.27. The molecule has 2 atom stereocenters. The number of amides is 1. The molecule has 104 valence electrons. The first-order chi connectivity index (χ1) is 9.24. The van der Waals surface area contributed by atoms with Crippen molar-refractivity contribution in [3.63, 3.8) is 0 Å². The number of carbonyl (C=O) groups excluding carboxylic acids is 1. The van der Waals surface area contributed by atoms with Gasteiger partial charge in [0.05, 0.1) is 5.56 Å². The summed E-state index contributed by atoms with van der Waals surface area (Å²) in [6.07, 6.45) is 5.70. The lowest BCUT2D eigenvalue weighted by Gasteiger charge is -2.24. The number of hydrogen-bond donors (Lipinski definition) is 2. The first-order valence-corrected chi connectivity index (χ1v) is 8.23. The first kappa shape index (κ1) is 13.1. The number of hydrogen-bond acceptors (Lipinski definition) is 3. The van der Waals surface area contributed by atoms with Crippen molar-refractivity contribution >= 4 is 17.2 Å². The van der Waals surface area contributed by atoms with Crippen molar-refractivity contribution in [3.05, 3.63) is 21.4 Å². The molecule has 1 amide bonds. The Hall–Kier alpha value is -0.870. The standard InChI is InChI=1S/C15H22N2OS/c1-10-4-5-12-13(9-19-14(12)7-10)15(18)17-11-3-2-6-16-8-11/h9-11,16H,2-8H2,1H3,(H,17,18)/t10?,11-/m0/s1. The van der Waals surface area contributed by atoms with Crippen LogP contribution in [0.1, 0.15) is 47.0 Å². The topological polar surface area (TPSA) is 41.1 Å². The van der Waals surface area contributed by atoms with Crippen molar-refractivity contribution in [2.75, 3.05) is 13.1 Å². The molecule has 1 unspecified atom stereocenters. The van der Waals surface area contributed by atoms with Crippen molar-refractivity contribution in [1.82, 2.24) is 10.6 Å². The predicted molar refractivity (Wildman–Crippen MR) is 78.9 cm³/mol. The lowest BCUT2D eigenvalue weighted by atomic mass is 9.88. The molecule has 1 aliphatic heterocycles. The minimum absolute atomic E-state index is 0.140. The third kappa shape index (κ3) is 2.84. The molecule has 4 heteroatoms. The highest BCUT2D eigenvalue weighted by atomic mass is 32.1. The van der Waals surface area contributed by atoms with Gasteiger partial charge in [0.15, 0.2) is 0 Å². The summed E-state index contributed by atoms with van der Waals surface area (Å²) in [5, 5.41) is 8.59. The predicted octanol–water partition coefficient (Wildman–Crippen LogP) is 2.35. The molecule has 0 radical (unpaired) electrons. The van der Waals surface area contributed by atoms with Crippen LogP contribution in [-0.4, -0.2) is 25.0 Å². The monoisotopic (exact) mass is 278 g/mol.